The summed E-state index contributed by atoms with van der Waals surface area (Å²) in [6.45, 7) is 5.50. The van der Waals surface area contributed by atoms with E-state index in [2.05, 4.69) is 18.7 Å². The molecule has 2 saturated carbocycles. The van der Waals surface area contributed by atoms with E-state index in [0.717, 1.165) is 51.5 Å². The molecule has 2 aliphatic heterocycles. The first kappa shape index (κ1) is 13.8. The number of hydrogen-bond acceptors (Lipinski definition) is 2. The third kappa shape index (κ3) is 1.66. The minimum absolute atomic E-state index is 0.0746. The number of ketones is 1. The van der Waals surface area contributed by atoms with E-state index in [1.54, 1.807) is 0 Å². The van der Waals surface area contributed by atoms with E-state index in [4.69, 9.17) is 0 Å². The van der Waals surface area contributed by atoms with Gasteiger partial charge in [-0.25, -0.2) is 0 Å². The summed E-state index contributed by atoms with van der Waals surface area (Å²) < 4.78 is 0. The Hall–Kier alpha value is -0.860. The van der Waals surface area contributed by atoms with E-state index >= 15 is 0 Å². The number of fused-ring (bicyclic) bond motifs is 5. The van der Waals surface area contributed by atoms with Crippen LogP contribution in [0.5, 0.6) is 0 Å². The molecule has 1 amide bonds. The molecular weight excluding hydrogens is 262 g/mol. The smallest absolute Gasteiger partial charge is 0.223 e. The van der Waals surface area contributed by atoms with Crippen molar-refractivity contribution in [3.63, 3.8) is 0 Å². The van der Waals surface area contributed by atoms with Gasteiger partial charge in [0.2, 0.25) is 5.91 Å². The molecule has 0 aromatic rings. The van der Waals surface area contributed by atoms with Gasteiger partial charge in [-0.2, -0.15) is 0 Å². The van der Waals surface area contributed by atoms with Crippen molar-refractivity contribution in [2.24, 2.45) is 23.2 Å². The molecule has 2 heterocycles. The molecule has 3 nitrogen and oxygen atoms in total. The molecule has 2 aliphatic carbocycles. The Bertz CT molecular complexity index is 501. The van der Waals surface area contributed by atoms with Gasteiger partial charge in [0, 0.05) is 30.3 Å². The van der Waals surface area contributed by atoms with Crippen LogP contribution in [0.3, 0.4) is 0 Å². The first-order valence-corrected chi connectivity index (χ1v) is 8.80. The van der Waals surface area contributed by atoms with Gasteiger partial charge in [0.25, 0.3) is 0 Å². The van der Waals surface area contributed by atoms with Crippen LogP contribution in [-0.2, 0) is 9.59 Å². The summed E-state index contributed by atoms with van der Waals surface area (Å²) in [7, 11) is 0. The van der Waals surface area contributed by atoms with Crippen molar-refractivity contribution in [1.82, 2.24) is 4.90 Å². The lowest BCUT2D eigenvalue weighted by molar-refractivity contribution is -0.137. The van der Waals surface area contributed by atoms with Gasteiger partial charge in [-0.1, -0.05) is 6.92 Å². The van der Waals surface area contributed by atoms with Gasteiger partial charge in [0.05, 0.1) is 0 Å². The first-order chi connectivity index (χ1) is 9.97. The van der Waals surface area contributed by atoms with E-state index in [0.29, 0.717) is 35.9 Å². The van der Waals surface area contributed by atoms with Crippen LogP contribution in [0.25, 0.3) is 0 Å². The third-order valence-electron chi connectivity index (χ3n) is 7.62. The summed E-state index contributed by atoms with van der Waals surface area (Å²) in [6.07, 6.45) is 8.09. The van der Waals surface area contributed by atoms with E-state index in [9.17, 15) is 9.59 Å². The fourth-order valence-electron chi connectivity index (χ4n) is 6.44. The maximum absolute atomic E-state index is 12.5. The lowest BCUT2D eigenvalue weighted by Crippen LogP contribution is -2.54. The van der Waals surface area contributed by atoms with E-state index in [1.165, 1.54) is 0 Å². The molecule has 0 spiro atoms. The molecule has 2 saturated heterocycles. The molecule has 4 rings (SSSR count). The fraction of sp³-hybridized carbons (Fsp3) is 0.889. The summed E-state index contributed by atoms with van der Waals surface area (Å²) in [6, 6.07) is 0. The molecule has 0 radical (unpaired) electrons. The van der Waals surface area contributed by atoms with Gasteiger partial charge in [-0.05, 0) is 63.2 Å². The highest BCUT2D eigenvalue weighted by Gasteiger charge is 2.59. The Labute approximate surface area is 127 Å². The standard InChI is InChI=1S/C18H27NO2/c1-17-10-8-14-12(13(17)5-6-15(17)20)4-7-16(21)19-11-3-9-18(14,19)2/h12-14H,3-11H2,1-2H3/t12-,13?,14?,17-,18+/m0/s1. The second-order valence-corrected chi connectivity index (χ2v) is 8.34. The van der Waals surface area contributed by atoms with Crippen LogP contribution in [0.4, 0.5) is 0 Å². The van der Waals surface area contributed by atoms with Crippen molar-refractivity contribution >= 4 is 11.7 Å². The number of hydrogen-bond donors (Lipinski definition) is 0. The Morgan fingerprint density at radius 2 is 1.81 bits per heavy atom. The highest BCUT2D eigenvalue weighted by atomic mass is 16.2. The summed E-state index contributed by atoms with van der Waals surface area (Å²) in [5.74, 6) is 2.61. The molecule has 21 heavy (non-hydrogen) atoms. The van der Waals surface area contributed by atoms with Crippen molar-refractivity contribution in [3.8, 4) is 0 Å². The monoisotopic (exact) mass is 289 g/mol. The summed E-state index contributed by atoms with van der Waals surface area (Å²) in [5.41, 5.74) is -0.000430. The van der Waals surface area contributed by atoms with Gasteiger partial charge in [0.1, 0.15) is 5.78 Å². The fourth-order valence-corrected chi connectivity index (χ4v) is 6.44. The Kier molecular flexibility index (Phi) is 2.84. The normalized spacial score (nSPS) is 49.6. The average Bonchev–Trinajstić information content (AvgIpc) is 2.95. The van der Waals surface area contributed by atoms with E-state index in [1.807, 2.05) is 0 Å². The van der Waals surface area contributed by atoms with Gasteiger partial charge in [-0.15, -0.1) is 0 Å². The van der Waals surface area contributed by atoms with Crippen LogP contribution >= 0.6 is 0 Å². The predicted octanol–water partition coefficient (Wildman–Crippen LogP) is 3.17. The van der Waals surface area contributed by atoms with Crippen LogP contribution in [-0.4, -0.2) is 28.7 Å². The van der Waals surface area contributed by atoms with Crippen molar-refractivity contribution in [1.29, 1.82) is 0 Å². The zero-order valence-corrected chi connectivity index (χ0v) is 13.4. The minimum atomic E-state index is -0.0751. The Morgan fingerprint density at radius 1 is 1.00 bits per heavy atom. The second kappa shape index (κ2) is 4.33. The molecule has 0 bridgehead atoms. The lowest BCUT2D eigenvalue weighted by Gasteiger charge is -2.51. The Balaban J connectivity index is 1.73. The van der Waals surface area contributed by atoms with Crippen molar-refractivity contribution in [2.75, 3.05) is 6.54 Å². The number of carbonyl (C=O) groups is 2. The largest absolute Gasteiger partial charge is 0.337 e. The van der Waals surface area contributed by atoms with Crippen LogP contribution in [0.1, 0.15) is 65.2 Å². The molecule has 116 valence electrons. The number of Topliss-reactive ketones (excluding diaryl/α,β-unsaturated/α-hetero) is 1. The summed E-state index contributed by atoms with van der Waals surface area (Å²) in [4.78, 5) is 27.1. The van der Waals surface area contributed by atoms with Crippen LogP contribution in [0.15, 0.2) is 0 Å². The molecule has 0 aromatic carbocycles. The van der Waals surface area contributed by atoms with Crippen LogP contribution < -0.4 is 0 Å². The zero-order valence-electron chi connectivity index (χ0n) is 13.4. The SMILES string of the molecule is C[C@]12CCC3[C@@H](CCC(=O)N4CCC[C@]34C)C1CCC2=O. The lowest BCUT2D eigenvalue weighted by atomic mass is 9.55. The number of nitrogens with zero attached hydrogens (tertiary/aromatic N) is 1. The molecular formula is C18H27NO2. The van der Waals surface area contributed by atoms with Gasteiger partial charge in [-0.3, -0.25) is 9.59 Å². The van der Waals surface area contributed by atoms with E-state index in [-0.39, 0.29) is 11.0 Å². The van der Waals surface area contributed by atoms with Crippen molar-refractivity contribution in [3.05, 3.63) is 0 Å². The van der Waals surface area contributed by atoms with Crippen LogP contribution in [0, 0.1) is 23.2 Å². The van der Waals surface area contributed by atoms with Gasteiger partial charge >= 0.3 is 0 Å². The maximum atomic E-state index is 12.5. The molecule has 3 heteroatoms. The predicted molar refractivity (Wildman–Crippen MR) is 80.6 cm³/mol. The first-order valence-electron chi connectivity index (χ1n) is 8.80. The minimum Gasteiger partial charge on any atom is -0.337 e. The van der Waals surface area contributed by atoms with Gasteiger partial charge in [0.15, 0.2) is 0 Å². The van der Waals surface area contributed by atoms with Crippen molar-refractivity contribution < 1.29 is 9.59 Å². The highest BCUT2D eigenvalue weighted by Crippen LogP contribution is 2.60. The molecule has 5 atom stereocenters. The number of rotatable bonds is 0. The quantitative estimate of drug-likeness (QED) is 0.687. The zero-order chi connectivity index (χ0) is 14.8. The van der Waals surface area contributed by atoms with Crippen LogP contribution in [0.2, 0.25) is 0 Å². The average molecular weight is 289 g/mol. The second-order valence-electron chi connectivity index (χ2n) is 8.34. The molecule has 2 unspecified atom stereocenters. The molecule has 0 aromatic heterocycles. The van der Waals surface area contributed by atoms with Gasteiger partial charge < -0.3 is 4.90 Å². The maximum Gasteiger partial charge on any atom is 0.223 e. The number of carbonyl (C=O) groups excluding carboxylic acids is 2. The molecule has 4 fully saturated rings. The highest BCUT2D eigenvalue weighted by molar-refractivity contribution is 5.87. The summed E-state index contributed by atoms with van der Waals surface area (Å²) >= 11 is 0. The van der Waals surface area contributed by atoms with Crippen molar-refractivity contribution in [2.45, 2.75) is 70.8 Å². The number of amides is 1. The topological polar surface area (TPSA) is 37.4 Å². The summed E-state index contributed by atoms with van der Waals surface area (Å²) in [5, 5.41) is 0. The van der Waals surface area contributed by atoms with E-state index < -0.39 is 0 Å². The molecule has 0 N–H and O–H groups in total. The third-order valence-corrected chi connectivity index (χ3v) is 7.62. The molecule has 4 aliphatic rings. The Morgan fingerprint density at radius 3 is 2.62 bits per heavy atom.